The smallest absolute Gasteiger partial charge is 1.00 e. The molecule has 0 spiro atoms. The van der Waals surface area contributed by atoms with Gasteiger partial charge in [0.15, 0.2) is 0 Å². The zero-order valence-corrected chi connectivity index (χ0v) is 33.9. The summed E-state index contributed by atoms with van der Waals surface area (Å²) in [5.41, 5.74) is 15.4. The molecular weight excluding hydrogens is 667 g/mol. The summed E-state index contributed by atoms with van der Waals surface area (Å²) in [7, 11) is 0. The molecule has 240 valence electrons. The molecule has 3 heteroatoms. The molecule has 3 aromatic rings. The van der Waals surface area contributed by atoms with Crippen LogP contribution in [-0.2, 0) is 32.1 Å². The minimum absolute atomic E-state index is 0. The van der Waals surface area contributed by atoms with Gasteiger partial charge in [0.25, 0.3) is 0 Å². The fourth-order valence-corrected chi connectivity index (χ4v) is 17.1. The molecule has 1 unspecified atom stereocenters. The average molecular weight is 721 g/mol. The van der Waals surface area contributed by atoms with E-state index in [1.165, 1.54) is 33.4 Å². The van der Waals surface area contributed by atoms with Crippen molar-refractivity contribution in [3.63, 3.8) is 0 Å². The van der Waals surface area contributed by atoms with Gasteiger partial charge in [-0.1, -0.05) is 0 Å². The van der Waals surface area contributed by atoms with E-state index in [4.69, 9.17) is 0 Å². The molecule has 0 aliphatic heterocycles. The third-order valence-electron chi connectivity index (χ3n) is 9.90. The number of rotatable bonds is 4. The van der Waals surface area contributed by atoms with Crippen molar-refractivity contribution in [1.29, 1.82) is 0 Å². The molecule has 0 saturated carbocycles. The molecule has 0 radical (unpaired) electrons. The Kier molecular flexibility index (Phi) is 11.4. The van der Waals surface area contributed by atoms with Gasteiger partial charge in [-0.15, -0.1) is 0 Å². The first-order valence-electron chi connectivity index (χ1n) is 16.5. The molecule has 0 saturated heterocycles. The average Bonchev–Trinajstić information content (AvgIpc) is 3.42. The van der Waals surface area contributed by atoms with Crippen LogP contribution < -0.4 is 24.8 Å². The molecule has 0 heterocycles. The van der Waals surface area contributed by atoms with Gasteiger partial charge in [0.05, 0.1) is 0 Å². The van der Waals surface area contributed by atoms with Gasteiger partial charge < -0.3 is 24.8 Å². The largest absolute Gasteiger partial charge is 1.00 e. The van der Waals surface area contributed by atoms with Crippen LogP contribution in [-0.4, -0.2) is 3.21 Å². The predicted molar refractivity (Wildman–Crippen MR) is 186 cm³/mol. The van der Waals surface area contributed by atoms with Crippen molar-refractivity contribution < 1.29 is 46.1 Å². The van der Waals surface area contributed by atoms with E-state index >= 15 is 0 Å². The van der Waals surface area contributed by atoms with Crippen molar-refractivity contribution in [2.24, 2.45) is 11.3 Å². The van der Waals surface area contributed by atoms with Crippen LogP contribution in [0.1, 0.15) is 127 Å². The molecule has 45 heavy (non-hydrogen) atoms. The fraction of sp³-hybridized carbons (Fsp3) is 0.452. The van der Waals surface area contributed by atoms with E-state index < -0.39 is 21.3 Å². The van der Waals surface area contributed by atoms with E-state index in [2.05, 4.69) is 157 Å². The van der Waals surface area contributed by atoms with Gasteiger partial charge in [-0.2, -0.15) is 0 Å². The second-order valence-corrected chi connectivity index (χ2v) is 22.9. The summed E-state index contributed by atoms with van der Waals surface area (Å²) in [6.07, 6.45) is 3.76. The maximum absolute atomic E-state index is 2.64. The van der Waals surface area contributed by atoms with Crippen LogP contribution in [0.5, 0.6) is 0 Å². The van der Waals surface area contributed by atoms with Gasteiger partial charge in [0.2, 0.25) is 0 Å². The van der Waals surface area contributed by atoms with Gasteiger partial charge in [0, 0.05) is 0 Å². The fourth-order valence-electron chi connectivity index (χ4n) is 7.37. The number of fused-ring (bicyclic) bond motifs is 3. The van der Waals surface area contributed by atoms with Gasteiger partial charge >= 0.3 is 272 Å². The minimum atomic E-state index is -2.62. The zero-order chi connectivity index (χ0) is 31.6. The second-order valence-electron chi connectivity index (χ2n) is 16.3. The summed E-state index contributed by atoms with van der Waals surface area (Å²) in [5.74, 6) is 0.495. The number of allylic oxidation sites excluding steroid dienone is 4. The molecule has 5 rings (SSSR count). The monoisotopic (exact) mass is 718 g/mol. The molecule has 0 fully saturated rings. The maximum Gasteiger partial charge on any atom is -1.00 e. The Bertz CT molecular complexity index is 1600. The Hall–Kier alpha value is -1.53. The Morgan fingerprint density at radius 1 is 0.689 bits per heavy atom. The molecule has 3 aromatic carbocycles. The van der Waals surface area contributed by atoms with Gasteiger partial charge in [-0.25, -0.2) is 0 Å². The first-order valence-corrected chi connectivity index (χ1v) is 20.3. The number of halogens is 2. The van der Waals surface area contributed by atoms with Gasteiger partial charge in [-0.05, 0) is 0 Å². The van der Waals surface area contributed by atoms with Crippen molar-refractivity contribution in [2.45, 2.75) is 111 Å². The summed E-state index contributed by atoms with van der Waals surface area (Å²) in [6.45, 7) is 30.9. The minimum Gasteiger partial charge on any atom is -1.00 e. The molecule has 0 bridgehead atoms. The standard InChI is InChI=1S/C21H25.C12H19.C9H10.2ClH.Zr/c1-20(2,3)16-9-7-14-11-15-8-10-17(21(4,5)6)13-19(15)18(14)12-16;1-6-10-7-9(2)8-11(10)12(3,4)5;1-3-9-6-4-8(2)5-7-9;;;/h7-13H,1-6H3;8-9H,6H2,1-5H3;4-7H,1-2H3;2*1H;/q;;;;;+2/p-2. The predicted octanol–water partition coefficient (Wildman–Crippen LogP) is 5.81. The van der Waals surface area contributed by atoms with E-state index in [-0.39, 0.29) is 41.1 Å². The van der Waals surface area contributed by atoms with Crippen molar-refractivity contribution in [1.82, 2.24) is 0 Å². The van der Waals surface area contributed by atoms with E-state index in [0.29, 0.717) is 9.54 Å². The van der Waals surface area contributed by atoms with E-state index in [1.54, 1.807) is 25.5 Å². The Morgan fingerprint density at radius 2 is 1.16 bits per heavy atom. The van der Waals surface area contributed by atoms with Gasteiger partial charge in [-0.3, -0.25) is 0 Å². The van der Waals surface area contributed by atoms with Crippen molar-refractivity contribution in [3.8, 4) is 11.1 Å². The molecule has 0 amide bonds. The summed E-state index contributed by atoms with van der Waals surface area (Å²) >= 11 is -2.62. The molecule has 1 atom stereocenters. The summed E-state index contributed by atoms with van der Waals surface area (Å²) < 4.78 is 3.99. The third kappa shape index (κ3) is 7.17. The van der Waals surface area contributed by atoms with Crippen LogP contribution >= 0.6 is 0 Å². The Balaban J connectivity index is 0.00000276. The van der Waals surface area contributed by atoms with Crippen molar-refractivity contribution in [2.75, 3.05) is 0 Å². The number of aryl methyl sites for hydroxylation is 1. The summed E-state index contributed by atoms with van der Waals surface area (Å²) in [5, 5.41) is 0. The molecule has 0 N–H and O–H groups in total. The second kappa shape index (κ2) is 13.5. The maximum atomic E-state index is 2.64. The first-order chi connectivity index (χ1) is 19.9. The van der Waals surface area contributed by atoms with Crippen LogP contribution in [0.15, 0.2) is 81.2 Å². The van der Waals surface area contributed by atoms with Crippen LogP contribution in [0.4, 0.5) is 0 Å². The van der Waals surface area contributed by atoms with Crippen LogP contribution in [0, 0.1) is 18.3 Å². The van der Waals surface area contributed by atoms with Crippen LogP contribution in [0.2, 0.25) is 0 Å². The number of benzene rings is 3. The molecule has 2 aliphatic carbocycles. The topological polar surface area (TPSA) is 0 Å². The van der Waals surface area contributed by atoms with Crippen molar-refractivity contribution in [3.05, 3.63) is 115 Å². The Labute approximate surface area is 295 Å². The number of hydrogen-bond acceptors (Lipinski definition) is 0. The van der Waals surface area contributed by atoms with Crippen molar-refractivity contribution >= 4 is 3.21 Å². The third-order valence-corrected chi connectivity index (χ3v) is 18.8. The van der Waals surface area contributed by atoms with Crippen LogP contribution in [0.3, 0.4) is 0 Å². The molecule has 2 aliphatic rings. The quantitative estimate of drug-likeness (QED) is 0.320. The van der Waals surface area contributed by atoms with E-state index in [1.807, 2.05) is 3.28 Å². The van der Waals surface area contributed by atoms with E-state index in [9.17, 15) is 0 Å². The van der Waals surface area contributed by atoms with Gasteiger partial charge in [0.1, 0.15) is 0 Å². The van der Waals surface area contributed by atoms with Crippen LogP contribution in [0.25, 0.3) is 11.1 Å². The normalized spacial score (nSPS) is 16.9. The summed E-state index contributed by atoms with van der Waals surface area (Å²) in [4.78, 5) is 0. The van der Waals surface area contributed by atoms with E-state index in [0.717, 1.165) is 6.42 Å². The first kappa shape index (κ1) is 37.9. The number of hydrogen-bond donors (Lipinski definition) is 0. The zero-order valence-electron chi connectivity index (χ0n) is 30.0. The molecule has 0 nitrogen and oxygen atoms in total. The molecule has 0 aromatic heterocycles. The SMILES string of the molecule is CCC1=[C](/[Zr+2](=[C](\C)c2ccc(C)cc2)[CH]2c3ccc(C(C)(C)C)cc3-c3cc(C(C)(C)C)ccc32)C(C)C=C1C(C)(C)C.[Cl-].[Cl-]. The Morgan fingerprint density at radius 3 is 1.56 bits per heavy atom. The summed E-state index contributed by atoms with van der Waals surface area (Å²) in [6, 6.07) is 24.5. The molecular formula is C42H54Cl2Zr.